The van der Waals surface area contributed by atoms with Gasteiger partial charge in [-0.1, -0.05) is 0 Å². The maximum Gasteiger partial charge on any atom is 0.125 e. The average molecular weight is 226 g/mol. The third-order valence-corrected chi connectivity index (χ3v) is 3.31. The maximum atomic E-state index is 12.9. The lowest BCUT2D eigenvalue weighted by Crippen LogP contribution is -2.22. The monoisotopic (exact) mass is 226 g/mol. The number of aliphatic hydroxyl groups excluding tert-OH is 1. The molecule has 80 valence electrons. The van der Waals surface area contributed by atoms with Gasteiger partial charge in [0, 0.05) is 6.07 Å². The van der Waals surface area contributed by atoms with Crippen LogP contribution >= 0.6 is 11.3 Å². The zero-order valence-corrected chi connectivity index (χ0v) is 8.96. The van der Waals surface area contributed by atoms with Crippen molar-refractivity contribution >= 4 is 21.6 Å². The number of fused-ring (bicyclic) bond motifs is 1. The van der Waals surface area contributed by atoms with Gasteiger partial charge >= 0.3 is 0 Å². The number of nitrogens with zero attached hydrogens (tertiary/aromatic N) is 1. The minimum Gasteiger partial charge on any atom is -0.391 e. The Hall–Kier alpha value is -1.04. The van der Waals surface area contributed by atoms with Crippen molar-refractivity contribution in [1.29, 1.82) is 0 Å². The Kier molecular flexibility index (Phi) is 2.68. The molecule has 1 aromatic carbocycles. The van der Waals surface area contributed by atoms with Crippen LogP contribution < -0.4 is 5.73 Å². The first-order valence-corrected chi connectivity index (χ1v) is 5.39. The van der Waals surface area contributed by atoms with Crippen LogP contribution in [0.3, 0.4) is 0 Å². The molecule has 0 aliphatic heterocycles. The van der Waals surface area contributed by atoms with Crippen molar-refractivity contribution in [2.24, 2.45) is 5.73 Å². The lowest BCUT2D eigenvalue weighted by atomic mass is 10.2. The second-order valence-corrected chi connectivity index (χ2v) is 4.49. The third-order valence-electron chi connectivity index (χ3n) is 2.17. The minimum atomic E-state index is -0.657. The van der Waals surface area contributed by atoms with E-state index in [0.717, 1.165) is 4.70 Å². The van der Waals surface area contributed by atoms with Crippen molar-refractivity contribution in [3.8, 4) is 0 Å². The fourth-order valence-electron chi connectivity index (χ4n) is 1.27. The van der Waals surface area contributed by atoms with E-state index in [4.69, 9.17) is 5.73 Å². The smallest absolute Gasteiger partial charge is 0.125 e. The molecule has 1 heterocycles. The molecule has 0 aliphatic carbocycles. The molecule has 3 N–H and O–H groups in total. The molecule has 3 nitrogen and oxygen atoms in total. The summed E-state index contributed by atoms with van der Waals surface area (Å²) in [5.74, 6) is -0.315. The topological polar surface area (TPSA) is 59.1 Å². The highest BCUT2D eigenvalue weighted by Crippen LogP contribution is 2.27. The summed E-state index contributed by atoms with van der Waals surface area (Å²) < 4.78 is 13.8. The van der Waals surface area contributed by atoms with E-state index >= 15 is 0 Å². The molecule has 2 unspecified atom stereocenters. The first-order valence-electron chi connectivity index (χ1n) is 4.57. The van der Waals surface area contributed by atoms with Gasteiger partial charge in [0.25, 0.3) is 0 Å². The molecule has 0 saturated carbocycles. The van der Waals surface area contributed by atoms with Crippen LogP contribution in [0, 0.1) is 5.82 Å². The van der Waals surface area contributed by atoms with Gasteiger partial charge in [-0.3, -0.25) is 0 Å². The highest BCUT2D eigenvalue weighted by Gasteiger charge is 2.16. The molecule has 15 heavy (non-hydrogen) atoms. The third kappa shape index (κ3) is 1.99. The zero-order valence-electron chi connectivity index (χ0n) is 8.14. The summed E-state index contributed by atoms with van der Waals surface area (Å²) in [5.41, 5.74) is 6.33. The van der Waals surface area contributed by atoms with Crippen molar-refractivity contribution in [3.05, 3.63) is 29.0 Å². The fraction of sp³-hybridized carbons (Fsp3) is 0.300. The summed E-state index contributed by atoms with van der Waals surface area (Å²) >= 11 is 1.38. The molecule has 0 fully saturated rings. The van der Waals surface area contributed by atoms with Crippen molar-refractivity contribution in [2.45, 2.75) is 19.1 Å². The Bertz CT molecular complexity index is 483. The molecular formula is C10H11FN2OS. The number of nitrogens with two attached hydrogens (primary N) is 1. The Morgan fingerprint density at radius 1 is 1.53 bits per heavy atom. The molecule has 0 amide bonds. The molecule has 0 bridgehead atoms. The number of thiazole rings is 1. The molecule has 2 rings (SSSR count). The first kappa shape index (κ1) is 10.5. The Morgan fingerprint density at radius 3 is 2.93 bits per heavy atom. The summed E-state index contributed by atoms with van der Waals surface area (Å²) in [6.45, 7) is 1.61. The van der Waals surface area contributed by atoms with Crippen molar-refractivity contribution in [1.82, 2.24) is 4.98 Å². The van der Waals surface area contributed by atoms with Crippen molar-refractivity contribution in [3.63, 3.8) is 0 Å². The van der Waals surface area contributed by atoms with Gasteiger partial charge in [-0.2, -0.15) is 0 Å². The van der Waals surface area contributed by atoms with Crippen LogP contribution in [0.2, 0.25) is 0 Å². The van der Waals surface area contributed by atoms with E-state index < -0.39 is 12.1 Å². The number of aromatic nitrogens is 1. The highest BCUT2D eigenvalue weighted by molar-refractivity contribution is 7.18. The van der Waals surface area contributed by atoms with Crippen LogP contribution in [-0.2, 0) is 0 Å². The number of rotatable bonds is 2. The van der Waals surface area contributed by atoms with E-state index in [0.29, 0.717) is 10.5 Å². The SMILES string of the molecule is CC(O)C(N)c1nc2cc(F)ccc2s1. The minimum absolute atomic E-state index is 0.315. The molecule has 0 radical (unpaired) electrons. The van der Waals surface area contributed by atoms with E-state index in [1.165, 1.54) is 23.5 Å². The van der Waals surface area contributed by atoms with E-state index in [2.05, 4.69) is 4.98 Å². The largest absolute Gasteiger partial charge is 0.391 e. The predicted molar refractivity (Wildman–Crippen MR) is 58.2 cm³/mol. The lowest BCUT2D eigenvalue weighted by Gasteiger charge is -2.10. The quantitative estimate of drug-likeness (QED) is 0.821. The number of hydrogen-bond donors (Lipinski definition) is 2. The van der Waals surface area contributed by atoms with Crippen LogP contribution in [0.4, 0.5) is 4.39 Å². The molecule has 0 aliphatic rings. The van der Waals surface area contributed by atoms with Crippen LogP contribution in [-0.4, -0.2) is 16.2 Å². The lowest BCUT2D eigenvalue weighted by molar-refractivity contribution is 0.164. The van der Waals surface area contributed by atoms with Gasteiger partial charge in [-0.15, -0.1) is 11.3 Å². The first-order chi connectivity index (χ1) is 7.08. The fourth-order valence-corrected chi connectivity index (χ4v) is 2.31. The Balaban J connectivity index is 2.47. The van der Waals surface area contributed by atoms with Gasteiger partial charge in [0.05, 0.1) is 22.4 Å². The molecule has 2 atom stereocenters. The van der Waals surface area contributed by atoms with Crippen LogP contribution in [0.5, 0.6) is 0 Å². The molecule has 2 aromatic rings. The number of aliphatic hydroxyl groups is 1. The second-order valence-electron chi connectivity index (χ2n) is 3.43. The summed E-state index contributed by atoms with van der Waals surface area (Å²) in [5, 5.41) is 9.95. The molecule has 1 aromatic heterocycles. The van der Waals surface area contributed by atoms with Gasteiger partial charge in [0.2, 0.25) is 0 Å². The zero-order chi connectivity index (χ0) is 11.0. The summed E-state index contributed by atoms with van der Waals surface area (Å²) in [6.07, 6.45) is -0.657. The molecule has 0 saturated heterocycles. The Morgan fingerprint density at radius 2 is 2.27 bits per heavy atom. The summed E-state index contributed by atoms with van der Waals surface area (Å²) in [4.78, 5) is 4.19. The van der Waals surface area contributed by atoms with Gasteiger partial charge in [0.15, 0.2) is 0 Å². The van der Waals surface area contributed by atoms with Gasteiger partial charge < -0.3 is 10.8 Å². The summed E-state index contributed by atoms with van der Waals surface area (Å²) in [6, 6.07) is 3.91. The van der Waals surface area contributed by atoms with Crippen LogP contribution in [0.25, 0.3) is 10.2 Å². The van der Waals surface area contributed by atoms with E-state index in [1.54, 1.807) is 13.0 Å². The average Bonchev–Trinajstić information content (AvgIpc) is 2.58. The number of halogens is 1. The normalized spacial score (nSPS) is 15.5. The number of benzene rings is 1. The van der Waals surface area contributed by atoms with Crippen molar-refractivity contribution in [2.75, 3.05) is 0 Å². The van der Waals surface area contributed by atoms with E-state index in [-0.39, 0.29) is 5.82 Å². The van der Waals surface area contributed by atoms with E-state index in [9.17, 15) is 9.50 Å². The van der Waals surface area contributed by atoms with Crippen LogP contribution in [0.1, 0.15) is 18.0 Å². The van der Waals surface area contributed by atoms with E-state index in [1.807, 2.05) is 0 Å². The van der Waals surface area contributed by atoms with Crippen molar-refractivity contribution < 1.29 is 9.50 Å². The maximum absolute atomic E-state index is 12.9. The second kappa shape index (κ2) is 3.84. The molecular weight excluding hydrogens is 215 g/mol. The standard InChI is InChI=1S/C10H11FN2OS/c1-5(14)9(12)10-13-7-4-6(11)2-3-8(7)15-10/h2-5,9,14H,12H2,1H3. The molecule has 5 heteroatoms. The van der Waals surface area contributed by atoms with Crippen LogP contribution in [0.15, 0.2) is 18.2 Å². The van der Waals surface area contributed by atoms with Gasteiger partial charge in [0.1, 0.15) is 10.8 Å². The Labute approximate surface area is 90.4 Å². The van der Waals surface area contributed by atoms with Gasteiger partial charge in [-0.25, -0.2) is 9.37 Å². The molecule has 0 spiro atoms. The van der Waals surface area contributed by atoms with Gasteiger partial charge in [-0.05, 0) is 19.1 Å². The summed E-state index contributed by atoms with van der Waals surface area (Å²) in [7, 11) is 0. The highest BCUT2D eigenvalue weighted by atomic mass is 32.1. The number of hydrogen-bond acceptors (Lipinski definition) is 4. The predicted octanol–water partition coefficient (Wildman–Crippen LogP) is 1.82.